The van der Waals surface area contributed by atoms with Gasteiger partial charge in [0.2, 0.25) is 5.91 Å². The molecule has 146 valence electrons. The maximum absolute atomic E-state index is 12.8. The van der Waals surface area contributed by atoms with Crippen molar-refractivity contribution >= 4 is 17.8 Å². The summed E-state index contributed by atoms with van der Waals surface area (Å²) in [6.45, 7) is 2.26. The van der Waals surface area contributed by atoms with Crippen molar-refractivity contribution in [3.8, 4) is 0 Å². The van der Waals surface area contributed by atoms with Gasteiger partial charge in [0.1, 0.15) is 0 Å². The lowest BCUT2D eigenvalue weighted by molar-refractivity contribution is -0.147. The number of carbonyl (C=O) groups excluding carboxylic acids is 2. The van der Waals surface area contributed by atoms with Gasteiger partial charge in [0, 0.05) is 18.7 Å². The smallest absolute Gasteiger partial charge is 0.311 e. The molecule has 6 heteroatoms. The van der Waals surface area contributed by atoms with Gasteiger partial charge in [-0.1, -0.05) is 48.5 Å². The summed E-state index contributed by atoms with van der Waals surface area (Å²) in [5.74, 6) is -1.30. The first-order valence-corrected chi connectivity index (χ1v) is 9.31. The molecule has 0 aromatic heterocycles. The molecule has 0 radical (unpaired) electrons. The highest BCUT2D eigenvalue weighted by molar-refractivity contribution is 5.94. The molecule has 2 aromatic rings. The van der Waals surface area contributed by atoms with Crippen LogP contribution in [0.1, 0.15) is 41.7 Å². The van der Waals surface area contributed by atoms with Crippen LogP contribution in [0.25, 0.3) is 0 Å². The number of benzene rings is 2. The van der Waals surface area contributed by atoms with Crippen molar-refractivity contribution in [1.29, 1.82) is 0 Å². The van der Waals surface area contributed by atoms with Gasteiger partial charge in [-0.3, -0.25) is 14.4 Å². The average molecular weight is 380 g/mol. The molecule has 2 N–H and O–H groups in total. The van der Waals surface area contributed by atoms with Crippen LogP contribution in [0.3, 0.4) is 0 Å². The first kappa shape index (κ1) is 19.6. The minimum Gasteiger partial charge on any atom is -0.481 e. The third-order valence-corrected chi connectivity index (χ3v) is 5.26. The van der Waals surface area contributed by atoms with Crippen LogP contribution in [0.4, 0.5) is 0 Å². The second-order valence-corrected chi connectivity index (χ2v) is 7.44. The van der Waals surface area contributed by atoms with Crippen LogP contribution in [-0.4, -0.2) is 40.9 Å². The van der Waals surface area contributed by atoms with Gasteiger partial charge in [-0.15, -0.1) is 0 Å². The fourth-order valence-electron chi connectivity index (χ4n) is 3.42. The molecule has 6 nitrogen and oxygen atoms in total. The number of carboxylic acids is 1. The zero-order chi connectivity index (χ0) is 20.1. The van der Waals surface area contributed by atoms with Crippen LogP contribution < -0.4 is 5.32 Å². The predicted octanol–water partition coefficient (Wildman–Crippen LogP) is 2.87. The first-order valence-electron chi connectivity index (χ1n) is 9.31. The highest BCUT2D eigenvalue weighted by atomic mass is 16.4. The van der Waals surface area contributed by atoms with Gasteiger partial charge in [0.15, 0.2) is 0 Å². The number of carboxylic acid groups (broad SMARTS) is 1. The SMILES string of the molecule is CC1(C(=O)O)CCN(C(=O)CC(NC(=O)c2ccccc2)c2ccccc2)C1. The third-order valence-electron chi connectivity index (χ3n) is 5.26. The van der Waals surface area contributed by atoms with E-state index in [4.69, 9.17) is 0 Å². The molecule has 1 aliphatic rings. The molecule has 28 heavy (non-hydrogen) atoms. The topological polar surface area (TPSA) is 86.7 Å². The van der Waals surface area contributed by atoms with Crippen molar-refractivity contribution in [1.82, 2.24) is 10.2 Å². The Balaban J connectivity index is 1.74. The van der Waals surface area contributed by atoms with E-state index in [-0.39, 0.29) is 24.8 Å². The van der Waals surface area contributed by atoms with Crippen LogP contribution >= 0.6 is 0 Å². The largest absolute Gasteiger partial charge is 0.481 e. The Bertz CT molecular complexity index is 853. The highest BCUT2D eigenvalue weighted by Crippen LogP contribution is 2.31. The summed E-state index contributed by atoms with van der Waals surface area (Å²) in [5.41, 5.74) is 0.446. The maximum Gasteiger partial charge on any atom is 0.311 e. The molecule has 0 saturated carbocycles. The van der Waals surface area contributed by atoms with Gasteiger partial charge in [-0.25, -0.2) is 0 Å². The Labute approximate surface area is 164 Å². The molecule has 2 unspecified atom stereocenters. The van der Waals surface area contributed by atoms with Crippen molar-refractivity contribution in [2.45, 2.75) is 25.8 Å². The van der Waals surface area contributed by atoms with Gasteiger partial charge in [-0.05, 0) is 31.0 Å². The lowest BCUT2D eigenvalue weighted by Crippen LogP contribution is -2.38. The van der Waals surface area contributed by atoms with E-state index in [0.29, 0.717) is 18.5 Å². The molecule has 2 aromatic carbocycles. The molecule has 0 bridgehead atoms. The molecule has 1 fully saturated rings. The minimum absolute atomic E-state index is 0.0816. The second kappa shape index (κ2) is 8.25. The maximum atomic E-state index is 12.8. The summed E-state index contributed by atoms with van der Waals surface area (Å²) in [6.07, 6.45) is 0.513. The van der Waals surface area contributed by atoms with Crippen LogP contribution in [0.15, 0.2) is 60.7 Å². The third kappa shape index (κ3) is 4.39. The number of hydrogen-bond donors (Lipinski definition) is 2. The van der Waals surface area contributed by atoms with E-state index >= 15 is 0 Å². The number of amides is 2. The van der Waals surface area contributed by atoms with Crippen LogP contribution in [0, 0.1) is 5.41 Å². The van der Waals surface area contributed by atoms with Gasteiger partial charge in [0.05, 0.1) is 17.9 Å². The lowest BCUT2D eigenvalue weighted by Gasteiger charge is -2.24. The Kier molecular flexibility index (Phi) is 5.78. The molecule has 1 heterocycles. The van der Waals surface area contributed by atoms with Crippen molar-refractivity contribution in [2.75, 3.05) is 13.1 Å². The van der Waals surface area contributed by atoms with E-state index in [2.05, 4.69) is 5.32 Å². The summed E-state index contributed by atoms with van der Waals surface area (Å²) < 4.78 is 0. The number of rotatable bonds is 6. The summed E-state index contributed by atoms with van der Waals surface area (Å²) >= 11 is 0. The molecule has 0 spiro atoms. The molecule has 1 saturated heterocycles. The molecule has 2 amide bonds. The number of aliphatic carboxylic acids is 1. The number of nitrogens with zero attached hydrogens (tertiary/aromatic N) is 1. The number of hydrogen-bond acceptors (Lipinski definition) is 3. The van der Waals surface area contributed by atoms with Crippen molar-refractivity contribution in [3.63, 3.8) is 0 Å². The van der Waals surface area contributed by atoms with Crippen molar-refractivity contribution in [2.24, 2.45) is 5.41 Å². The highest BCUT2D eigenvalue weighted by Gasteiger charge is 2.42. The zero-order valence-corrected chi connectivity index (χ0v) is 15.8. The van der Waals surface area contributed by atoms with Gasteiger partial charge in [0.25, 0.3) is 5.91 Å². The van der Waals surface area contributed by atoms with E-state index in [1.807, 2.05) is 36.4 Å². The monoisotopic (exact) mass is 380 g/mol. The second-order valence-electron chi connectivity index (χ2n) is 7.44. The quantitative estimate of drug-likeness (QED) is 0.807. The number of carbonyl (C=O) groups is 3. The number of likely N-dealkylation sites (tertiary alicyclic amines) is 1. The standard InChI is InChI=1S/C22H24N2O4/c1-22(21(27)28)12-13-24(15-22)19(25)14-18(16-8-4-2-5-9-16)23-20(26)17-10-6-3-7-11-17/h2-11,18H,12-15H2,1H3,(H,23,26)(H,27,28). The lowest BCUT2D eigenvalue weighted by atomic mass is 9.90. The Morgan fingerprint density at radius 2 is 1.68 bits per heavy atom. The van der Waals surface area contributed by atoms with Crippen LogP contribution in [-0.2, 0) is 9.59 Å². The Hall–Kier alpha value is -3.15. The van der Waals surface area contributed by atoms with E-state index < -0.39 is 17.4 Å². The zero-order valence-electron chi connectivity index (χ0n) is 15.8. The molecule has 1 aliphatic heterocycles. The van der Waals surface area contributed by atoms with Gasteiger partial charge >= 0.3 is 5.97 Å². The van der Waals surface area contributed by atoms with Crippen molar-refractivity contribution < 1.29 is 19.5 Å². The molecule has 2 atom stereocenters. The Morgan fingerprint density at radius 3 is 2.25 bits per heavy atom. The molecular weight excluding hydrogens is 356 g/mol. The van der Waals surface area contributed by atoms with E-state index in [9.17, 15) is 19.5 Å². The fraction of sp³-hybridized carbons (Fsp3) is 0.318. The number of nitrogens with one attached hydrogen (secondary N) is 1. The normalized spacial score (nSPS) is 19.8. The molecule has 3 rings (SSSR count). The predicted molar refractivity (Wildman–Crippen MR) is 105 cm³/mol. The first-order chi connectivity index (χ1) is 13.4. The molecule has 0 aliphatic carbocycles. The van der Waals surface area contributed by atoms with E-state index in [0.717, 1.165) is 5.56 Å². The van der Waals surface area contributed by atoms with Gasteiger partial charge in [-0.2, -0.15) is 0 Å². The van der Waals surface area contributed by atoms with Crippen LogP contribution in [0.5, 0.6) is 0 Å². The fourth-order valence-corrected chi connectivity index (χ4v) is 3.42. The van der Waals surface area contributed by atoms with E-state index in [1.54, 1.807) is 36.1 Å². The van der Waals surface area contributed by atoms with Crippen LogP contribution in [0.2, 0.25) is 0 Å². The van der Waals surface area contributed by atoms with Gasteiger partial charge < -0.3 is 15.3 Å². The summed E-state index contributed by atoms with van der Waals surface area (Å²) in [4.78, 5) is 38.5. The van der Waals surface area contributed by atoms with E-state index in [1.165, 1.54) is 0 Å². The summed E-state index contributed by atoms with van der Waals surface area (Å²) in [5, 5.41) is 12.3. The summed E-state index contributed by atoms with van der Waals surface area (Å²) in [6, 6.07) is 17.7. The molecular formula is C22H24N2O4. The Morgan fingerprint density at radius 1 is 1.07 bits per heavy atom. The van der Waals surface area contributed by atoms with Crippen molar-refractivity contribution in [3.05, 3.63) is 71.8 Å². The average Bonchev–Trinajstić information content (AvgIpc) is 3.12. The summed E-state index contributed by atoms with van der Waals surface area (Å²) in [7, 11) is 0. The minimum atomic E-state index is -0.912.